The van der Waals surface area contributed by atoms with E-state index in [1.54, 1.807) is 0 Å². The van der Waals surface area contributed by atoms with Crippen LogP contribution in [0.4, 0.5) is 0 Å². The molecular formula is C5H5Er. The Kier molecular flexibility index (Phi) is 1.74. The predicted octanol–water partition coefficient (Wildman–Crippen LogP) is 1.38. The van der Waals surface area contributed by atoms with Gasteiger partial charge in [-0.1, -0.05) is 0 Å². The number of hydrogen-bond donors (Lipinski definition) is 0. The van der Waals surface area contributed by atoms with Gasteiger partial charge in [-0.05, 0) is 0 Å². The molecule has 0 saturated carbocycles. The van der Waals surface area contributed by atoms with Crippen LogP contribution in [0.25, 0.3) is 0 Å². The van der Waals surface area contributed by atoms with Gasteiger partial charge in [0, 0.05) is 0 Å². The maximum absolute atomic E-state index is 2.67. The summed E-state index contributed by atoms with van der Waals surface area (Å²) in [6.07, 6.45) is 7.44. The SMILES string of the molecule is [Er][C]1=CC=CC1. The van der Waals surface area contributed by atoms with E-state index in [2.05, 4.69) is 53.6 Å². The van der Waals surface area contributed by atoms with Crippen LogP contribution in [0.1, 0.15) is 6.42 Å². The molecule has 0 radical (unpaired) electrons. The molecule has 0 N–H and O–H groups in total. The minimum atomic E-state index is 1.13. The zero-order chi connectivity index (χ0) is 4.41. The summed E-state index contributed by atoms with van der Waals surface area (Å²) in [5.41, 5.74) is 0. The van der Waals surface area contributed by atoms with Crippen molar-refractivity contribution in [1.82, 2.24) is 0 Å². The molecule has 0 aromatic carbocycles. The Labute approximate surface area is 61.2 Å². The summed E-state index contributed by atoms with van der Waals surface area (Å²) in [5.74, 6) is 0. The molecule has 1 aliphatic rings. The Morgan fingerprint density at radius 1 is 1.67 bits per heavy atom. The van der Waals surface area contributed by atoms with E-state index in [0.29, 0.717) is 0 Å². The van der Waals surface area contributed by atoms with E-state index in [0.717, 1.165) is 6.42 Å². The zero-order valence-corrected chi connectivity index (χ0v) is 5.08. The monoisotopic (exact) mass is 231 g/mol. The van der Waals surface area contributed by atoms with E-state index in [1.165, 1.54) is 1.73 Å². The Morgan fingerprint density at radius 3 is 2.67 bits per heavy atom. The van der Waals surface area contributed by atoms with Crippen molar-refractivity contribution in [2.75, 3.05) is 0 Å². The zero-order valence-electron chi connectivity index (χ0n) is 3.23. The molecule has 0 fully saturated rings. The van der Waals surface area contributed by atoms with Crippen molar-refractivity contribution in [1.29, 1.82) is 0 Å². The second-order valence-electron chi connectivity index (χ2n) is 1.19. The maximum atomic E-state index is 2.67. The Hall–Kier alpha value is 0.727. The summed E-state index contributed by atoms with van der Waals surface area (Å²) in [4.78, 5) is 0. The standard InChI is InChI=1S/C5H5.Er/c1-2-4-5-3-1;/h1-3H,4H2;. The summed E-state index contributed by atoms with van der Waals surface area (Å²) < 4.78 is 1.38. The Balaban J connectivity index is 2.61. The minimum absolute atomic E-state index is 1.13. The Bertz CT molecular complexity index is 101. The average molecular weight is 232 g/mol. The van der Waals surface area contributed by atoms with Crippen molar-refractivity contribution in [3.05, 3.63) is 20.0 Å². The van der Waals surface area contributed by atoms with E-state index >= 15 is 0 Å². The van der Waals surface area contributed by atoms with E-state index in [1.807, 2.05) is 0 Å². The van der Waals surface area contributed by atoms with Crippen LogP contribution in [-0.2, 0) is 0 Å². The van der Waals surface area contributed by atoms with Gasteiger partial charge in [0.15, 0.2) is 0 Å². The van der Waals surface area contributed by atoms with Crippen LogP contribution in [-0.4, -0.2) is 0 Å². The van der Waals surface area contributed by atoms with Gasteiger partial charge in [-0.25, -0.2) is 0 Å². The van der Waals surface area contributed by atoms with Gasteiger partial charge in [0.1, 0.15) is 0 Å². The molecule has 6 heavy (non-hydrogen) atoms. The van der Waals surface area contributed by atoms with Gasteiger partial charge in [0.2, 0.25) is 0 Å². The third-order valence-electron chi connectivity index (χ3n) is 0.693. The molecule has 37 valence electrons. The Morgan fingerprint density at radius 2 is 2.50 bits per heavy atom. The van der Waals surface area contributed by atoms with Crippen LogP contribution in [0, 0.1) is 35.4 Å². The van der Waals surface area contributed by atoms with Crippen molar-refractivity contribution >= 4 is 0 Å². The predicted molar refractivity (Wildman–Crippen MR) is 21.8 cm³/mol. The van der Waals surface area contributed by atoms with Crippen LogP contribution in [0.5, 0.6) is 0 Å². The van der Waals surface area contributed by atoms with Gasteiger partial charge >= 0.3 is 61.8 Å². The molecule has 0 bridgehead atoms. The van der Waals surface area contributed by atoms with Crippen LogP contribution < -0.4 is 0 Å². The molecule has 0 nitrogen and oxygen atoms in total. The van der Waals surface area contributed by atoms with E-state index in [-0.39, 0.29) is 0 Å². The summed E-state index contributed by atoms with van der Waals surface area (Å²) in [6, 6.07) is 0. The topological polar surface area (TPSA) is 0 Å². The van der Waals surface area contributed by atoms with Crippen molar-refractivity contribution in [2.24, 2.45) is 0 Å². The molecule has 0 unspecified atom stereocenters. The molecule has 0 aliphatic heterocycles. The number of allylic oxidation sites excluding steroid dienone is 4. The quantitative estimate of drug-likeness (QED) is 0.592. The summed E-state index contributed by atoms with van der Waals surface area (Å²) in [5, 5.41) is 0. The van der Waals surface area contributed by atoms with Crippen LogP contribution in [0.2, 0.25) is 0 Å². The molecule has 0 heterocycles. The molecule has 1 aliphatic carbocycles. The van der Waals surface area contributed by atoms with Gasteiger partial charge in [0.25, 0.3) is 0 Å². The molecule has 1 heteroatoms. The van der Waals surface area contributed by atoms with Crippen LogP contribution in [0.15, 0.2) is 20.0 Å². The molecule has 0 atom stereocenters. The fourth-order valence-electron chi connectivity index (χ4n) is 0.402. The van der Waals surface area contributed by atoms with Crippen molar-refractivity contribution < 1.29 is 35.4 Å². The summed E-state index contributed by atoms with van der Waals surface area (Å²) in [7, 11) is 0. The van der Waals surface area contributed by atoms with Crippen LogP contribution in [0.3, 0.4) is 0 Å². The van der Waals surface area contributed by atoms with Crippen LogP contribution >= 0.6 is 0 Å². The molecule has 0 aromatic rings. The van der Waals surface area contributed by atoms with Gasteiger partial charge < -0.3 is 0 Å². The fourth-order valence-corrected chi connectivity index (χ4v) is 0.799. The average Bonchev–Trinajstić information content (AvgIpc) is 1.86. The molecule has 0 aromatic heterocycles. The van der Waals surface area contributed by atoms with Gasteiger partial charge in [-0.15, -0.1) is 0 Å². The van der Waals surface area contributed by atoms with Crippen molar-refractivity contribution in [3.63, 3.8) is 0 Å². The van der Waals surface area contributed by atoms with Crippen molar-refractivity contribution in [2.45, 2.75) is 6.42 Å². The second kappa shape index (κ2) is 2.14. The summed E-state index contributed by atoms with van der Waals surface area (Å²) >= 11 is 2.67. The van der Waals surface area contributed by atoms with Gasteiger partial charge in [-0.2, -0.15) is 0 Å². The summed E-state index contributed by atoms with van der Waals surface area (Å²) in [6.45, 7) is 0. The molecular weight excluding hydrogens is 227 g/mol. The first-order valence-electron chi connectivity index (χ1n) is 1.86. The fraction of sp³-hybridized carbons (Fsp3) is 0.200. The third kappa shape index (κ3) is 1.10. The van der Waals surface area contributed by atoms with E-state index in [4.69, 9.17) is 0 Å². The van der Waals surface area contributed by atoms with E-state index in [9.17, 15) is 0 Å². The van der Waals surface area contributed by atoms with E-state index < -0.39 is 0 Å². The number of hydrogen-bond acceptors (Lipinski definition) is 0. The molecule has 0 amide bonds. The number of rotatable bonds is 0. The molecule has 1 rings (SSSR count). The molecule has 0 spiro atoms. The first-order chi connectivity index (χ1) is 2.89. The first-order valence-corrected chi connectivity index (χ1v) is 2.79. The normalized spacial score (nSPS) is 18.7. The first kappa shape index (κ1) is 4.88. The van der Waals surface area contributed by atoms with Crippen molar-refractivity contribution in [3.8, 4) is 0 Å². The third-order valence-corrected chi connectivity index (χ3v) is 1.38. The second-order valence-corrected chi connectivity index (χ2v) is 2.38. The molecule has 0 saturated heterocycles. The van der Waals surface area contributed by atoms with Gasteiger partial charge in [0.05, 0.1) is 0 Å². The van der Waals surface area contributed by atoms with Gasteiger partial charge in [-0.3, -0.25) is 0 Å².